The number of hydrogen-bond donors (Lipinski definition) is 1. The molecule has 0 saturated heterocycles. The van der Waals surface area contributed by atoms with Gasteiger partial charge in [0.25, 0.3) is 5.56 Å². The van der Waals surface area contributed by atoms with Gasteiger partial charge in [0, 0.05) is 24.2 Å². The number of ether oxygens (including phenoxy) is 1. The summed E-state index contributed by atoms with van der Waals surface area (Å²) in [4.78, 5) is 24.6. The summed E-state index contributed by atoms with van der Waals surface area (Å²) in [5.74, 6) is 0.129. The average molecular weight is 377 g/mol. The van der Waals surface area contributed by atoms with Gasteiger partial charge in [-0.25, -0.2) is 4.68 Å². The number of methoxy groups -OCH3 is 1. The Hall–Kier alpha value is -2.71. The van der Waals surface area contributed by atoms with E-state index in [9.17, 15) is 9.59 Å². The number of benzene rings is 1. The van der Waals surface area contributed by atoms with Gasteiger partial charge >= 0.3 is 0 Å². The summed E-state index contributed by atoms with van der Waals surface area (Å²) < 4.78 is 11.1. The predicted octanol–water partition coefficient (Wildman–Crippen LogP) is 1.78. The fourth-order valence-corrected chi connectivity index (χ4v) is 2.66. The molecule has 1 amide bonds. The molecule has 0 atom stereocenters. The highest BCUT2D eigenvalue weighted by atomic mass is 35.5. The lowest BCUT2D eigenvalue weighted by Gasteiger charge is -2.09. The first-order chi connectivity index (χ1) is 12.5. The van der Waals surface area contributed by atoms with E-state index in [1.54, 1.807) is 31.2 Å². The van der Waals surface area contributed by atoms with Crippen LogP contribution in [0.15, 0.2) is 33.6 Å². The maximum atomic E-state index is 12.6. The second kappa shape index (κ2) is 7.67. The summed E-state index contributed by atoms with van der Waals surface area (Å²) in [7, 11) is 1.54. The molecule has 0 aliphatic heterocycles. The van der Waals surface area contributed by atoms with Crippen molar-refractivity contribution in [3.63, 3.8) is 0 Å². The smallest absolute Gasteiger partial charge is 0.297 e. The van der Waals surface area contributed by atoms with Crippen LogP contribution >= 0.6 is 11.6 Å². The number of carbonyl (C=O) groups excluding carboxylic acids is 1. The Kier molecular flexibility index (Phi) is 5.34. The van der Waals surface area contributed by atoms with Crippen molar-refractivity contribution in [2.45, 2.75) is 13.5 Å². The van der Waals surface area contributed by atoms with Crippen molar-refractivity contribution in [1.29, 1.82) is 0 Å². The van der Waals surface area contributed by atoms with Crippen molar-refractivity contribution < 1.29 is 14.1 Å². The molecule has 1 aromatic carbocycles. The van der Waals surface area contributed by atoms with Crippen LogP contribution in [0.3, 0.4) is 0 Å². The molecule has 3 aromatic rings. The molecule has 0 aliphatic carbocycles. The molecule has 2 aromatic heterocycles. The van der Waals surface area contributed by atoms with E-state index in [4.69, 9.17) is 20.9 Å². The summed E-state index contributed by atoms with van der Waals surface area (Å²) in [5.41, 5.74) is 0.877. The Morgan fingerprint density at radius 1 is 1.35 bits per heavy atom. The van der Waals surface area contributed by atoms with Gasteiger partial charge in [-0.05, 0) is 19.1 Å². The second-order valence-corrected chi connectivity index (χ2v) is 6.06. The number of aromatic nitrogens is 3. The predicted molar refractivity (Wildman–Crippen MR) is 96.1 cm³/mol. The third-order valence-corrected chi connectivity index (χ3v) is 4.05. The van der Waals surface area contributed by atoms with Crippen LogP contribution in [0.1, 0.15) is 5.76 Å². The highest BCUT2D eigenvalue weighted by molar-refractivity contribution is 6.30. The fourth-order valence-electron chi connectivity index (χ4n) is 2.54. The van der Waals surface area contributed by atoms with Crippen LogP contribution in [0.2, 0.25) is 5.02 Å². The first kappa shape index (κ1) is 18.1. The first-order valence-corrected chi connectivity index (χ1v) is 8.27. The molecule has 0 fully saturated rings. The Morgan fingerprint density at radius 3 is 2.77 bits per heavy atom. The van der Waals surface area contributed by atoms with Crippen LogP contribution in [0.5, 0.6) is 0 Å². The standard InChI is InChI=1S/C17H17ClN4O4/c1-10-14-15(11-3-5-12(18)6-4-11)20-22(17(24)16(14)21-26-10)9-13(23)19-7-8-25-2/h3-6H,7-9H2,1-2H3,(H,19,23). The number of nitrogens with zero attached hydrogens (tertiary/aromatic N) is 3. The second-order valence-electron chi connectivity index (χ2n) is 5.62. The van der Waals surface area contributed by atoms with Crippen molar-refractivity contribution in [3.05, 3.63) is 45.4 Å². The van der Waals surface area contributed by atoms with Crippen LogP contribution < -0.4 is 10.9 Å². The molecule has 0 saturated carbocycles. The molecule has 8 nitrogen and oxygen atoms in total. The van der Waals surface area contributed by atoms with E-state index in [2.05, 4.69) is 15.6 Å². The van der Waals surface area contributed by atoms with Gasteiger partial charge in [0.2, 0.25) is 5.91 Å². The van der Waals surface area contributed by atoms with Crippen molar-refractivity contribution in [2.75, 3.05) is 20.3 Å². The van der Waals surface area contributed by atoms with Crippen LogP contribution in [-0.4, -0.2) is 41.1 Å². The lowest BCUT2D eigenvalue weighted by Crippen LogP contribution is -2.35. The highest BCUT2D eigenvalue weighted by Gasteiger charge is 2.19. The number of nitrogens with one attached hydrogen (secondary N) is 1. The zero-order chi connectivity index (χ0) is 18.7. The highest BCUT2D eigenvalue weighted by Crippen LogP contribution is 2.27. The number of amides is 1. The van der Waals surface area contributed by atoms with Gasteiger partial charge in [-0.15, -0.1) is 0 Å². The van der Waals surface area contributed by atoms with Gasteiger partial charge < -0.3 is 14.6 Å². The molecule has 26 heavy (non-hydrogen) atoms. The van der Waals surface area contributed by atoms with Crippen molar-refractivity contribution in [1.82, 2.24) is 20.3 Å². The van der Waals surface area contributed by atoms with E-state index >= 15 is 0 Å². The topological polar surface area (TPSA) is 99.2 Å². The quantitative estimate of drug-likeness (QED) is 0.658. The van der Waals surface area contributed by atoms with E-state index in [0.29, 0.717) is 35.0 Å². The fraction of sp³-hybridized carbons (Fsp3) is 0.294. The number of fused-ring (bicyclic) bond motifs is 1. The van der Waals surface area contributed by atoms with Crippen molar-refractivity contribution in [2.24, 2.45) is 0 Å². The maximum absolute atomic E-state index is 12.6. The van der Waals surface area contributed by atoms with Crippen LogP contribution in [0.25, 0.3) is 22.2 Å². The summed E-state index contributed by atoms with van der Waals surface area (Å²) in [6.45, 7) is 2.20. The first-order valence-electron chi connectivity index (χ1n) is 7.90. The molecule has 3 rings (SSSR count). The minimum atomic E-state index is -0.489. The average Bonchev–Trinajstić information content (AvgIpc) is 3.01. The lowest BCUT2D eigenvalue weighted by atomic mass is 10.1. The van der Waals surface area contributed by atoms with E-state index in [0.717, 1.165) is 10.2 Å². The molecule has 0 unspecified atom stereocenters. The van der Waals surface area contributed by atoms with Gasteiger partial charge in [-0.2, -0.15) is 5.10 Å². The van der Waals surface area contributed by atoms with E-state index in [-0.39, 0.29) is 18.0 Å². The zero-order valence-corrected chi connectivity index (χ0v) is 15.0. The van der Waals surface area contributed by atoms with E-state index in [1.165, 1.54) is 7.11 Å². The Balaban J connectivity index is 2.05. The van der Waals surface area contributed by atoms with Crippen LogP contribution in [0.4, 0.5) is 0 Å². The Labute approximate surface area is 153 Å². The molecule has 0 radical (unpaired) electrons. The largest absolute Gasteiger partial charge is 0.383 e. The zero-order valence-electron chi connectivity index (χ0n) is 14.3. The lowest BCUT2D eigenvalue weighted by molar-refractivity contribution is -0.122. The monoisotopic (exact) mass is 376 g/mol. The van der Waals surface area contributed by atoms with Gasteiger partial charge in [0.15, 0.2) is 5.52 Å². The maximum Gasteiger partial charge on any atom is 0.297 e. The Bertz CT molecular complexity index is 994. The van der Waals surface area contributed by atoms with Gasteiger partial charge in [-0.1, -0.05) is 28.9 Å². The normalized spacial score (nSPS) is 11.0. The number of rotatable bonds is 6. The van der Waals surface area contributed by atoms with Gasteiger partial charge in [0.05, 0.1) is 12.0 Å². The summed E-state index contributed by atoms with van der Waals surface area (Å²) in [6, 6.07) is 7.01. The van der Waals surface area contributed by atoms with Crippen LogP contribution in [-0.2, 0) is 16.1 Å². The molecule has 1 N–H and O–H groups in total. The summed E-state index contributed by atoms with van der Waals surface area (Å²) >= 11 is 5.94. The molecular formula is C17H17ClN4O4. The molecule has 0 spiro atoms. The molecule has 2 heterocycles. The number of hydrogen-bond acceptors (Lipinski definition) is 6. The third kappa shape index (κ3) is 3.61. The van der Waals surface area contributed by atoms with Gasteiger partial charge in [0.1, 0.15) is 18.0 Å². The molecule has 0 aliphatic rings. The van der Waals surface area contributed by atoms with E-state index < -0.39 is 5.56 Å². The molecular weight excluding hydrogens is 360 g/mol. The molecule has 0 bridgehead atoms. The molecule has 136 valence electrons. The van der Waals surface area contributed by atoms with Gasteiger partial charge in [-0.3, -0.25) is 9.59 Å². The number of halogens is 1. The summed E-state index contributed by atoms with van der Waals surface area (Å²) in [6.07, 6.45) is 0. The van der Waals surface area contributed by atoms with Crippen LogP contribution in [0, 0.1) is 6.92 Å². The van der Waals surface area contributed by atoms with Crippen molar-refractivity contribution >= 4 is 28.4 Å². The molecule has 9 heteroatoms. The number of aryl methyl sites for hydroxylation is 1. The number of carbonyl (C=O) groups is 1. The summed E-state index contributed by atoms with van der Waals surface area (Å²) in [5, 5.41) is 12.0. The third-order valence-electron chi connectivity index (χ3n) is 3.80. The SMILES string of the molecule is COCCNC(=O)Cn1nc(-c2ccc(Cl)cc2)c2c(C)onc2c1=O. The Morgan fingerprint density at radius 2 is 2.08 bits per heavy atom. The minimum Gasteiger partial charge on any atom is -0.383 e. The minimum absolute atomic E-state index is 0.132. The van der Waals surface area contributed by atoms with E-state index in [1.807, 2.05) is 0 Å². The van der Waals surface area contributed by atoms with Crippen molar-refractivity contribution in [3.8, 4) is 11.3 Å².